The highest BCUT2D eigenvalue weighted by molar-refractivity contribution is 5.85. The van der Waals surface area contributed by atoms with Crippen molar-refractivity contribution in [3.63, 3.8) is 0 Å². The molecule has 0 radical (unpaired) electrons. The number of furan rings is 1. The average molecular weight is 247 g/mol. The van der Waals surface area contributed by atoms with E-state index in [9.17, 15) is 4.79 Å². The van der Waals surface area contributed by atoms with Crippen LogP contribution in [0.2, 0.25) is 0 Å². The zero-order chi connectivity index (χ0) is 13.1. The van der Waals surface area contributed by atoms with Crippen molar-refractivity contribution in [1.82, 2.24) is 9.97 Å². The largest absolute Gasteiger partial charge is 0.477 e. The van der Waals surface area contributed by atoms with E-state index in [4.69, 9.17) is 9.52 Å². The van der Waals surface area contributed by atoms with Crippen molar-refractivity contribution < 1.29 is 14.3 Å². The highest BCUT2D eigenvalue weighted by Crippen LogP contribution is 2.12. The van der Waals surface area contributed by atoms with Gasteiger partial charge in [-0.05, 0) is 25.1 Å². The first kappa shape index (κ1) is 12.1. The highest BCUT2D eigenvalue weighted by Gasteiger charge is 2.11. The lowest BCUT2D eigenvalue weighted by Gasteiger charge is -2.15. The topological polar surface area (TPSA) is 79.5 Å². The van der Waals surface area contributed by atoms with Crippen molar-refractivity contribution >= 4 is 11.9 Å². The van der Waals surface area contributed by atoms with Crippen LogP contribution in [-0.2, 0) is 6.54 Å². The fourth-order valence-corrected chi connectivity index (χ4v) is 1.53. The molecule has 0 fully saturated rings. The molecule has 0 aliphatic heterocycles. The van der Waals surface area contributed by atoms with Crippen LogP contribution in [0.25, 0.3) is 0 Å². The van der Waals surface area contributed by atoms with E-state index in [1.165, 1.54) is 12.3 Å². The zero-order valence-electron chi connectivity index (χ0n) is 10.1. The molecule has 18 heavy (non-hydrogen) atoms. The van der Waals surface area contributed by atoms with E-state index in [1.807, 2.05) is 19.1 Å². The molecule has 0 atom stereocenters. The summed E-state index contributed by atoms with van der Waals surface area (Å²) in [7, 11) is 1.78. The summed E-state index contributed by atoms with van der Waals surface area (Å²) >= 11 is 0. The van der Waals surface area contributed by atoms with Crippen LogP contribution in [0.15, 0.2) is 28.8 Å². The summed E-state index contributed by atoms with van der Waals surface area (Å²) in [6, 6.07) is 5.10. The minimum atomic E-state index is -1.07. The van der Waals surface area contributed by atoms with E-state index in [2.05, 4.69) is 9.97 Å². The molecular weight excluding hydrogens is 234 g/mol. The summed E-state index contributed by atoms with van der Waals surface area (Å²) in [6.07, 6.45) is 1.43. The number of hydrogen-bond donors (Lipinski definition) is 1. The van der Waals surface area contributed by atoms with Gasteiger partial charge in [-0.15, -0.1) is 0 Å². The van der Waals surface area contributed by atoms with Crippen molar-refractivity contribution in [2.45, 2.75) is 13.5 Å². The van der Waals surface area contributed by atoms with Crippen molar-refractivity contribution in [1.29, 1.82) is 0 Å². The first-order chi connectivity index (χ1) is 8.56. The Balaban J connectivity index is 2.15. The Kier molecular flexibility index (Phi) is 3.27. The maximum atomic E-state index is 10.8. The normalized spacial score (nSPS) is 10.3. The molecule has 0 saturated heterocycles. The molecule has 0 aliphatic carbocycles. The van der Waals surface area contributed by atoms with E-state index in [0.29, 0.717) is 12.5 Å². The van der Waals surface area contributed by atoms with Gasteiger partial charge in [0.2, 0.25) is 5.95 Å². The Morgan fingerprint density at radius 1 is 1.44 bits per heavy atom. The Labute approximate surface area is 104 Å². The molecule has 0 aliphatic rings. The zero-order valence-corrected chi connectivity index (χ0v) is 10.1. The van der Waals surface area contributed by atoms with Crippen molar-refractivity contribution in [2.75, 3.05) is 11.9 Å². The standard InChI is InChI=1S/C12H13N3O3/c1-8-3-4-9(18-8)7-15(2)12-13-6-5-10(14-12)11(16)17/h3-6H,7H2,1-2H3,(H,16,17). The van der Waals surface area contributed by atoms with Crippen molar-refractivity contribution in [3.05, 3.63) is 41.6 Å². The number of aryl methyl sites for hydroxylation is 1. The second kappa shape index (κ2) is 4.87. The molecule has 2 rings (SSSR count). The van der Waals surface area contributed by atoms with Gasteiger partial charge in [-0.25, -0.2) is 14.8 Å². The lowest BCUT2D eigenvalue weighted by molar-refractivity contribution is 0.0690. The summed E-state index contributed by atoms with van der Waals surface area (Å²) in [6.45, 7) is 2.35. The molecule has 1 N–H and O–H groups in total. The lowest BCUT2D eigenvalue weighted by atomic mass is 10.4. The number of rotatable bonds is 4. The number of aromatic nitrogens is 2. The second-order valence-corrected chi connectivity index (χ2v) is 3.92. The van der Waals surface area contributed by atoms with Gasteiger partial charge in [0.05, 0.1) is 6.54 Å². The number of aromatic carboxylic acids is 1. The van der Waals surface area contributed by atoms with Crippen LogP contribution in [0.4, 0.5) is 5.95 Å². The highest BCUT2D eigenvalue weighted by atomic mass is 16.4. The average Bonchev–Trinajstić information content (AvgIpc) is 2.75. The molecule has 0 amide bonds. The number of carboxylic acid groups (broad SMARTS) is 1. The minimum Gasteiger partial charge on any atom is -0.477 e. The molecule has 0 aromatic carbocycles. The molecule has 0 spiro atoms. The second-order valence-electron chi connectivity index (χ2n) is 3.92. The quantitative estimate of drug-likeness (QED) is 0.886. The molecule has 2 aromatic rings. The Morgan fingerprint density at radius 2 is 2.22 bits per heavy atom. The summed E-state index contributed by atoms with van der Waals surface area (Å²) in [5.74, 6) is 0.891. The van der Waals surface area contributed by atoms with Gasteiger partial charge >= 0.3 is 5.97 Å². The van der Waals surface area contributed by atoms with Crippen LogP contribution < -0.4 is 4.90 Å². The molecule has 2 aromatic heterocycles. The van der Waals surface area contributed by atoms with Crippen LogP contribution >= 0.6 is 0 Å². The number of nitrogens with zero attached hydrogens (tertiary/aromatic N) is 3. The molecule has 2 heterocycles. The van der Waals surface area contributed by atoms with Crippen LogP contribution in [0.3, 0.4) is 0 Å². The van der Waals surface area contributed by atoms with E-state index >= 15 is 0 Å². The Hall–Kier alpha value is -2.37. The van der Waals surface area contributed by atoms with Gasteiger partial charge in [0.15, 0.2) is 5.69 Å². The van der Waals surface area contributed by atoms with Gasteiger partial charge in [0.25, 0.3) is 0 Å². The fourth-order valence-electron chi connectivity index (χ4n) is 1.53. The minimum absolute atomic E-state index is 0.0255. The van der Waals surface area contributed by atoms with Crippen LogP contribution in [0.5, 0.6) is 0 Å². The van der Waals surface area contributed by atoms with Crippen LogP contribution in [-0.4, -0.2) is 28.1 Å². The SMILES string of the molecule is Cc1ccc(CN(C)c2nccc(C(=O)O)n2)o1. The Morgan fingerprint density at radius 3 is 2.83 bits per heavy atom. The van der Waals surface area contributed by atoms with Gasteiger partial charge in [-0.3, -0.25) is 0 Å². The lowest BCUT2D eigenvalue weighted by Crippen LogP contribution is -2.19. The van der Waals surface area contributed by atoms with Gasteiger partial charge < -0.3 is 14.4 Å². The smallest absolute Gasteiger partial charge is 0.354 e. The molecule has 6 nitrogen and oxygen atoms in total. The summed E-state index contributed by atoms with van der Waals surface area (Å²) in [4.78, 5) is 20.5. The summed E-state index contributed by atoms with van der Waals surface area (Å²) in [5, 5.41) is 8.86. The molecule has 0 saturated carbocycles. The molecule has 0 unspecified atom stereocenters. The fraction of sp³-hybridized carbons (Fsp3) is 0.250. The number of carbonyl (C=O) groups is 1. The van der Waals surface area contributed by atoms with Gasteiger partial charge in [0.1, 0.15) is 11.5 Å². The van der Waals surface area contributed by atoms with E-state index < -0.39 is 5.97 Å². The van der Waals surface area contributed by atoms with Crippen LogP contribution in [0, 0.1) is 6.92 Å². The van der Waals surface area contributed by atoms with Crippen molar-refractivity contribution in [3.8, 4) is 0 Å². The summed E-state index contributed by atoms with van der Waals surface area (Å²) < 4.78 is 5.44. The van der Waals surface area contributed by atoms with Crippen molar-refractivity contribution in [2.24, 2.45) is 0 Å². The van der Waals surface area contributed by atoms with Gasteiger partial charge in [-0.2, -0.15) is 0 Å². The van der Waals surface area contributed by atoms with Gasteiger partial charge in [0, 0.05) is 13.2 Å². The maximum absolute atomic E-state index is 10.8. The number of hydrogen-bond acceptors (Lipinski definition) is 5. The molecule has 0 bridgehead atoms. The summed E-state index contributed by atoms with van der Waals surface area (Å²) in [5.41, 5.74) is -0.0255. The number of carboxylic acids is 1. The van der Waals surface area contributed by atoms with E-state index in [-0.39, 0.29) is 5.69 Å². The van der Waals surface area contributed by atoms with E-state index in [0.717, 1.165) is 11.5 Å². The molecule has 6 heteroatoms. The third kappa shape index (κ3) is 2.65. The Bertz CT molecular complexity index is 565. The molecular formula is C12H13N3O3. The number of anilines is 1. The third-order valence-electron chi connectivity index (χ3n) is 2.39. The van der Waals surface area contributed by atoms with E-state index in [1.54, 1.807) is 11.9 Å². The predicted octanol–water partition coefficient (Wildman–Crippen LogP) is 1.71. The molecule has 94 valence electrons. The monoisotopic (exact) mass is 247 g/mol. The third-order valence-corrected chi connectivity index (χ3v) is 2.39. The first-order valence-corrected chi connectivity index (χ1v) is 5.39. The van der Waals surface area contributed by atoms with Gasteiger partial charge in [-0.1, -0.05) is 0 Å². The predicted molar refractivity (Wildman–Crippen MR) is 64.5 cm³/mol. The maximum Gasteiger partial charge on any atom is 0.354 e. The van der Waals surface area contributed by atoms with Crippen LogP contribution in [0.1, 0.15) is 22.0 Å². The first-order valence-electron chi connectivity index (χ1n) is 5.39.